The van der Waals surface area contributed by atoms with E-state index in [0.29, 0.717) is 0 Å². The van der Waals surface area contributed by atoms with Gasteiger partial charge in [-0.3, -0.25) is 20.1 Å². The zero-order valence-corrected chi connectivity index (χ0v) is 18.2. The second-order valence-corrected chi connectivity index (χ2v) is 7.60. The van der Waals surface area contributed by atoms with Gasteiger partial charge in [-0.05, 0) is 16.7 Å². The summed E-state index contributed by atoms with van der Waals surface area (Å²) in [5.41, 5.74) is 5.50. The van der Waals surface area contributed by atoms with Crippen LogP contribution in [-0.4, -0.2) is 74.8 Å². The molecule has 0 unspecified atom stereocenters. The van der Waals surface area contributed by atoms with Crippen molar-refractivity contribution in [3.8, 4) is 11.1 Å². The summed E-state index contributed by atoms with van der Waals surface area (Å²) < 4.78 is 0. The minimum atomic E-state index is -1.71. The second kappa shape index (κ2) is 10.5. The minimum Gasteiger partial charge on any atom is -0.479 e. The molecule has 0 aliphatic rings. The number of hydrogen-bond acceptors (Lipinski definition) is 6. The molecule has 0 bridgehead atoms. The molecule has 2 amide bonds. The van der Waals surface area contributed by atoms with E-state index in [-0.39, 0.29) is 30.4 Å². The molecule has 4 N–H and O–H groups in total. The Balaban J connectivity index is 1.74. The first kappa shape index (κ1) is 23.6. The van der Waals surface area contributed by atoms with Gasteiger partial charge >= 0.3 is 5.97 Å². The van der Waals surface area contributed by atoms with Crippen LogP contribution < -0.4 is 5.43 Å². The molecular formula is C23H25N5O5. The van der Waals surface area contributed by atoms with Crippen LogP contribution in [0.4, 0.5) is 0 Å². The molecule has 33 heavy (non-hydrogen) atoms. The Hall–Kier alpha value is -4.02. The quantitative estimate of drug-likeness (QED) is 0.360. The summed E-state index contributed by atoms with van der Waals surface area (Å²) >= 11 is 0. The van der Waals surface area contributed by atoms with Gasteiger partial charge in [0.2, 0.25) is 0 Å². The summed E-state index contributed by atoms with van der Waals surface area (Å²) in [6.45, 7) is -0.214. The lowest BCUT2D eigenvalue weighted by Gasteiger charge is -2.24. The largest absolute Gasteiger partial charge is 0.479 e. The topological polar surface area (TPSA) is 139 Å². The molecule has 1 aromatic heterocycles. The Bertz CT molecular complexity index is 1110. The molecule has 2 aromatic carbocycles. The fraction of sp³-hybridized carbons (Fsp3) is 0.217. The highest BCUT2D eigenvalue weighted by molar-refractivity contribution is 5.97. The van der Waals surface area contributed by atoms with Gasteiger partial charge in [-0.15, -0.1) is 0 Å². The fourth-order valence-electron chi connectivity index (χ4n) is 3.08. The first-order valence-electron chi connectivity index (χ1n) is 10.1. The maximum Gasteiger partial charge on any atom is 0.333 e. The first-order valence-corrected chi connectivity index (χ1v) is 10.1. The Morgan fingerprint density at radius 1 is 1.03 bits per heavy atom. The number of carboxylic acids is 1. The van der Waals surface area contributed by atoms with Crippen LogP contribution in [0.2, 0.25) is 0 Å². The van der Waals surface area contributed by atoms with Gasteiger partial charge in [0.25, 0.3) is 11.8 Å². The maximum absolute atomic E-state index is 12.7. The van der Waals surface area contributed by atoms with Crippen molar-refractivity contribution in [1.29, 1.82) is 0 Å². The van der Waals surface area contributed by atoms with E-state index >= 15 is 0 Å². The molecule has 1 heterocycles. The van der Waals surface area contributed by atoms with Crippen molar-refractivity contribution < 1.29 is 24.6 Å². The van der Waals surface area contributed by atoms with Crippen LogP contribution in [0.1, 0.15) is 26.5 Å². The monoisotopic (exact) mass is 451 g/mol. The smallest absolute Gasteiger partial charge is 0.333 e. The Labute approximate surface area is 190 Å². The van der Waals surface area contributed by atoms with Crippen LogP contribution >= 0.6 is 0 Å². The van der Waals surface area contributed by atoms with E-state index in [2.05, 4.69) is 15.6 Å². The third-order valence-corrected chi connectivity index (χ3v) is 4.82. The van der Waals surface area contributed by atoms with Crippen LogP contribution in [0.15, 0.2) is 60.7 Å². The number of aliphatic hydroxyl groups excluding tert-OH is 1. The molecule has 10 nitrogen and oxygen atoms in total. The lowest BCUT2D eigenvalue weighted by atomic mass is 10.0. The summed E-state index contributed by atoms with van der Waals surface area (Å²) in [5, 5.41) is 26.6. The number of H-pyrrole nitrogens is 1. The zero-order valence-electron chi connectivity index (χ0n) is 18.2. The third kappa shape index (κ3) is 6.25. The van der Waals surface area contributed by atoms with Crippen molar-refractivity contribution in [2.45, 2.75) is 12.6 Å². The van der Waals surface area contributed by atoms with Gasteiger partial charge in [-0.2, -0.15) is 5.10 Å². The van der Waals surface area contributed by atoms with Crippen LogP contribution in [0, 0.1) is 0 Å². The number of hydrogen-bond donors (Lipinski definition) is 4. The van der Waals surface area contributed by atoms with Gasteiger partial charge in [-0.25, -0.2) is 9.80 Å². The molecule has 0 aliphatic carbocycles. The highest BCUT2D eigenvalue weighted by atomic mass is 16.4. The zero-order chi connectivity index (χ0) is 24.0. The Morgan fingerprint density at radius 3 is 2.27 bits per heavy atom. The Morgan fingerprint density at radius 2 is 1.67 bits per heavy atom. The van der Waals surface area contributed by atoms with Crippen LogP contribution in [0.25, 0.3) is 11.1 Å². The molecule has 10 heteroatoms. The van der Waals surface area contributed by atoms with E-state index in [1.165, 1.54) is 16.0 Å². The predicted molar refractivity (Wildman–Crippen MR) is 120 cm³/mol. The van der Waals surface area contributed by atoms with Crippen LogP contribution in [0.5, 0.6) is 0 Å². The summed E-state index contributed by atoms with van der Waals surface area (Å²) in [6.07, 6.45) is -1.71. The molecule has 0 saturated heterocycles. The molecular weight excluding hydrogens is 426 g/mol. The third-order valence-electron chi connectivity index (χ3n) is 4.82. The first-order chi connectivity index (χ1) is 15.7. The highest BCUT2D eigenvalue weighted by Crippen LogP contribution is 2.19. The molecule has 172 valence electrons. The Kier molecular flexibility index (Phi) is 7.54. The number of hydrazine groups is 1. The number of carbonyl (C=O) groups excluding carboxylic acids is 2. The summed E-state index contributed by atoms with van der Waals surface area (Å²) in [7, 11) is 3.14. The molecule has 0 saturated carbocycles. The van der Waals surface area contributed by atoms with Gasteiger partial charge in [0, 0.05) is 26.7 Å². The number of aliphatic carboxylic acids is 1. The molecule has 3 aromatic rings. The number of aromatic amines is 1. The fourth-order valence-corrected chi connectivity index (χ4v) is 3.08. The molecule has 3 rings (SSSR count). The number of nitrogens with zero attached hydrogens (tertiary/aromatic N) is 3. The SMILES string of the molecule is CN(C)C(=O)c1cc(C(=O)NN(Cc2ccc(-c3ccccc3)cc2)C[C@@H](O)C(=O)O)n[nH]1. The molecule has 0 fully saturated rings. The number of rotatable bonds is 9. The average Bonchev–Trinajstić information content (AvgIpc) is 3.30. The number of benzene rings is 2. The number of carboxylic acid groups (broad SMARTS) is 1. The normalized spacial score (nSPS) is 11.8. The van der Waals surface area contributed by atoms with Crippen molar-refractivity contribution in [2.24, 2.45) is 0 Å². The van der Waals surface area contributed by atoms with Crippen molar-refractivity contribution in [3.05, 3.63) is 77.6 Å². The number of carbonyl (C=O) groups is 3. The summed E-state index contributed by atoms with van der Waals surface area (Å²) in [4.78, 5) is 37.1. The second-order valence-electron chi connectivity index (χ2n) is 7.60. The molecule has 0 spiro atoms. The van der Waals surface area contributed by atoms with Gasteiger partial charge < -0.3 is 15.1 Å². The minimum absolute atomic E-state index is 0.0468. The van der Waals surface area contributed by atoms with Gasteiger partial charge in [0.15, 0.2) is 11.8 Å². The van der Waals surface area contributed by atoms with Crippen LogP contribution in [0.3, 0.4) is 0 Å². The summed E-state index contributed by atoms with van der Waals surface area (Å²) in [6, 6.07) is 18.7. The summed E-state index contributed by atoms with van der Waals surface area (Å²) in [5.74, 6) is -2.41. The predicted octanol–water partition coefficient (Wildman–Crippen LogP) is 1.37. The molecule has 1 atom stereocenters. The number of nitrogens with one attached hydrogen (secondary N) is 2. The van der Waals surface area contributed by atoms with Gasteiger partial charge in [0.1, 0.15) is 5.69 Å². The molecule has 0 radical (unpaired) electrons. The van der Waals surface area contributed by atoms with E-state index in [9.17, 15) is 19.5 Å². The van der Waals surface area contributed by atoms with E-state index < -0.39 is 18.0 Å². The van der Waals surface area contributed by atoms with Crippen molar-refractivity contribution in [1.82, 2.24) is 25.5 Å². The maximum atomic E-state index is 12.7. The standard InChI is InChI=1S/C23H25N5O5/c1-27(2)22(31)19-12-18(24-25-19)21(30)26-28(14-20(29)23(32)33)13-15-8-10-17(11-9-15)16-6-4-3-5-7-16/h3-12,20,29H,13-14H2,1-2H3,(H,24,25)(H,26,30)(H,32,33)/t20-/m1/s1. The lowest BCUT2D eigenvalue weighted by Crippen LogP contribution is -2.47. The van der Waals surface area contributed by atoms with Gasteiger partial charge in [0.05, 0.1) is 6.54 Å². The highest BCUT2D eigenvalue weighted by Gasteiger charge is 2.22. The van der Waals surface area contributed by atoms with E-state index in [1.54, 1.807) is 14.1 Å². The number of amides is 2. The molecule has 0 aliphatic heterocycles. The van der Waals surface area contributed by atoms with Crippen LogP contribution in [-0.2, 0) is 11.3 Å². The van der Waals surface area contributed by atoms with Crippen molar-refractivity contribution >= 4 is 17.8 Å². The number of aliphatic hydroxyl groups is 1. The number of aromatic nitrogens is 2. The average molecular weight is 451 g/mol. The van der Waals surface area contributed by atoms with Gasteiger partial charge in [-0.1, -0.05) is 54.6 Å². The van der Waals surface area contributed by atoms with E-state index in [0.717, 1.165) is 16.7 Å². The van der Waals surface area contributed by atoms with E-state index in [4.69, 9.17) is 5.11 Å². The van der Waals surface area contributed by atoms with Crippen molar-refractivity contribution in [2.75, 3.05) is 20.6 Å². The van der Waals surface area contributed by atoms with Crippen molar-refractivity contribution in [3.63, 3.8) is 0 Å². The van der Waals surface area contributed by atoms with E-state index in [1.807, 2.05) is 54.6 Å². The lowest BCUT2D eigenvalue weighted by molar-refractivity contribution is -0.148.